The molecule has 3 aromatic rings. The minimum absolute atomic E-state index is 0.165. The monoisotopic (exact) mass is 453 g/mol. The molecule has 0 unspecified atom stereocenters. The van der Waals surface area contributed by atoms with Crippen LogP contribution in [0.25, 0.3) is 10.9 Å². The lowest BCUT2D eigenvalue weighted by Crippen LogP contribution is -2.19. The summed E-state index contributed by atoms with van der Waals surface area (Å²) in [5.74, 6) is -2.46. The van der Waals surface area contributed by atoms with Gasteiger partial charge in [0.2, 0.25) is 5.91 Å². The van der Waals surface area contributed by atoms with Crippen molar-refractivity contribution in [3.8, 4) is 5.75 Å². The molecule has 32 heavy (non-hydrogen) atoms. The zero-order valence-electron chi connectivity index (χ0n) is 17.0. The number of rotatable bonds is 7. The van der Waals surface area contributed by atoms with Gasteiger partial charge in [-0.2, -0.15) is 13.2 Å². The summed E-state index contributed by atoms with van der Waals surface area (Å²) in [6.07, 6.45) is -4.62. The van der Waals surface area contributed by atoms with Crippen LogP contribution in [0.3, 0.4) is 0 Å². The molecule has 0 fully saturated rings. The highest BCUT2D eigenvalue weighted by Crippen LogP contribution is 2.33. The van der Waals surface area contributed by atoms with E-state index in [1.54, 1.807) is 19.1 Å². The minimum Gasteiger partial charge on any atom is -0.481 e. The largest absolute Gasteiger partial charge is 0.481 e. The highest BCUT2D eigenvalue weighted by atomic mass is 19.4. The topological polar surface area (TPSA) is 92.4 Å². The van der Waals surface area contributed by atoms with E-state index in [2.05, 4.69) is 20.4 Å². The molecular formula is C21H19F4N3O4. The number of halogens is 4. The van der Waals surface area contributed by atoms with E-state index in [9.17, 15) is 27.2 Å². The van der Waals surface area contributed by atoms with E-state index >= 15 is 0 Å². The van der Waals surface area contributed by atoms with Crippen LogP contribution in [0.1, 0.15) is 24.3 Å². The summed E-state index contributed by atoms with van der Waals surface area (Å²) in [5.41, 5.74) is 1.66. The third kappa shape index (κ3) is 5.68. The number of benzene rings is 2. The summed E-state index contributed by atoms with van der Waals surface area (Å²) in [6, 6.07) is 8.05. The highest BCUT2D eigenvalue weighted by Gasteiger charge is 2.29. The summed E-state index contributed by atoms with van der Waals surface area (Å²) in [4.78, 5) is 26.5. The molecule has 0 spiro atoms. The number of nitrogens with one attached hydrogen (secondary N) is 3. The van der Waals surface area contributed by atoms with Gasteiger partial charge in [-0.05, 0) is 37.3 Å². The molecule has 2 aromatic carbocycles. The molecule has 7 nitrogen and oxygen atoms in total. The van der Waals surface area contributed by atoms with E-state index in [-0.39, 0.29) is 23.9 Å². The third-order valence-electron chi connectivity index (χ3n) is 4.16. The molecule has 0 saturated carbocycles. The molecule has 170 valence electrons. The highest BCUT2D eigenvalue weighted by molar-refractivity contribution is 6.03. The van der Waals surface area contributed by atoms with Gasteiger partial charge >= 0.3 is 12.1 Å². The molecule has 0 aliphatic carbocycles. The van der Waals surface area contributed by atoms with Crippen molar-refractivity contribution in [3.05, 3.63) is 47.9 Å². The van der Waals surface area contributed by atoms with Gasteiger partial charge in [0, 0.05) is 29.8 Å². The summed E-state index contributed by atoms with van der Waals surface area (Å²) in [5, 5.41) is 6.11. The summed E-state index contributed by atoms with van der Waals surface area (Å²) >= 11 is 0. The first-order valence-electron chi connectivity index (χ1n) is 9.43. The van der Waals surface area contributed by atoms with Gasteiger partial charge in [-0.15, -0.1) is 0 Å². The predicted octanol–water partition coefficient (Wildman–Crippen LogP) is 5.13. The van der Waals surface area contributed by atoms with Crippen LogP contribution in [0.2, 0.25) is 0 Å². The Labute approximate surface area is 179 Å². The predicted molar refractivity (Wildman–Crippen MR) is 110 cm³/mol. The average Bonchev–Trinajstić information content (AvgIpc) is 3.12. The van der Waals surface area contributed by atoms with E-state index in [1.165, 1.54) is 19.1 Å². The SMILES string of the molecule is CCOC(=O)c1cc2c(Nc3ccc(F)c(OCC(F)(F)F)c3)cc(NC(C)=O)cc2[nH]1. The molecule has 0 radical (unpaired) electrons. The lowest BCUT2D eigenvalue weighted by atomic mass is 10.1. The Balaban J connectivity index is 1.99. The number of esters is 1. The van der Waals surface area contributed by atoms with Gasteiger partial charge in [-0.1, -0.05) is 0 Å². The number of ether oxygens (including phenoxy) is 2. The summed E-state index contributed by atoms with van der Waals surface area (Å²) in [6.45, 7) is 1.51. The number of hydrogen-bond donors (Lipinski definition) is 3. The van der Waals surface area contributed by atoms with Crippen LogP contribution in [0.15, 0.2) is 36.4 Å². The number of aromatic amines is 1. The molecule has 1 amide bonds. The Kier molecular flexibility index (Phi) is 6.56. The quantitative estimate of drug-likeness (QED) is 0.341. The van der Waals surface area contributed by atoms with Crippen LogP contribution < -0.4 is 15.4 Å². The summed E-state index contributed by atoms with van der Waals surface area (Å²) < 4.78 is 60.7. The number of hydrogen-bond acceptors (Lipinski definition) is 5. The van der Waals surface area contributed by atoms with Gasteiger partial charge in [0.05, 0.1) is 17.8 Å². The Morgan fingerprint density at radius 1 is 1.09 bits per heavy atom. The van der Waals surface area contributed by atoms with Crippen molar-refractivity contribution in [2.75, 3.05) is 23.8 Å². The number of fused-ring (bicyclic) bond motifs is 1. The fourth-order valence-corrected chi connectivity index (χ4v) is 2.94. The second kappa shape index (κ2) is 9.16. The van der Waals surface area contributed by atoms with Crippen LogP contribution in [-0.2, 0) is 9.53 Å². The lowest BCUT2D eigenvalue weighted by Gasteiger charge is -2.14. The Morgan fingerprint density at radius 3 is 2.50 bits per heavy atom. The number of aromatic nitrogens is 1. The van der Waals surface area contributed by atoms with Crippen LogP contribution in [0.4, 0.5) is 34.6 Å². The van der Waals surface area contributed by atoms with Gasteiger partial charge in [-0.3, -0.25) is 4.79 Å². The Hall–Kier alpha value is -3.76. The van der Waals surface area contributed by atoms with Crippen molar-refractivity contribution in [1.82, 2.24) is 4.98 Å². The maximum absolute atomic E-state index is 13.9. The zero-order chi connectivity index (χ0) is 23.5. The van der Waals surface area contributed by atoms with Gasteiger partial charge in [-0.25, -0.2) is 9.18 Å². The molecule has 11 heteroatoms. The smallest absolute Gasteiger partial charge is 0.422 e. The number of carbonyl (C=O) groups is 2. The van der Waals surface area contributed by atoms with Crippen LogP contribution in [0.5, 0.6) is 5.75 Å². The van der Waals surface area contributed by atoms with E-state index in [0.717, 1.165) is 12.1 Å². The molecule has 0 aliphatic heterocycles. The maximum Gasteiger partial charge on any atom is 0.422 e. The normalized spacial score (nSPS) is 11.3. The second-order valence-corrected chi connectivity index (χ2v) is 6.74. The Morgan fingerprint density at radius 2 is 1.84 bits per heavy atom. The second-order valence-electron chi connectivity index (χ2n) is 6.74. The van der Waals surface area contributed by atoms with Crippen molar-refractivity contribution in [2.45, 2.75) is 20.0 Å². The molecule has 1 heterocycles. The van der Waals surface area contributed by atoms with Crippen LogP contribution in [-0.4, -0.2) is 36.3 Å². The van der Waals surface area contributed by atoms with Crippen molar-refractivity contribution in [3.63, 3.8) is 0 Å². The van der Waals surface area contributed by atoms with Crippen molar-refractivity contribution in [1.29, 1.82) is 0 Å². The van der Waals surface area contributed by atoms with Gasteiger partial charge in [0.15, 0.2) is 18.2 Å². The Bertz CT molecular complexity index is 1160. The van der Waals surface area contributed by atoms with Crippen molar-refractivity contribution >= 4 is 39.8 Å². The molecule has 0 atom stereocenters. The van der Waals surface area contributed by atoms with Gasteiger partial charge in [0.25, 0.3) is 0 Å². The van der Waals surface area contributed by atoms with E-state index < -0.39 is 30.3 Å². The number of anilines is 3. The minimum atomic E-state index is -4.62. The first-order chi connectivity index (χ1) is 15.1. The van der Waals surface area contributed by atoms with Gasteiger partial charge < -0.3 is 25.1 Å². The lowest BCUT2D eigenvalue weighted by molar-refractivity contribution is -0.153. The van der Waals surface area contributed by atoms with Gasteiger partial charge in [0.1, 0.15) is 5.69 Å². The number of alkyl halides is 3. The molecule has 0 bridgehead atoms. The first kappa shape index (κ1) is 22.9. The molecule has 0 aliphatic rings. The van der Waals surface area contributed by atoms with E-state index in [4.69, 9.17) is 4.74 Å². The first-order valence-corrected chi connectivity index (χ1v) is 9.43. The van der Waals surface area contributed by atoms with Crippen LogP contribution >= 0.6 is 0 Å². The standard InChI is InChI=1S/C21H19F4N3O4/c1-3-31-20(30)18-9-14-16(6-13(26-11(2)29)7-17(14)28-18)27-12-4-5-15(22)19(8-12)32-10-21(23,24)25/h4-9,27-28H,3,10H2,1-2H3,(H,26,29). The molecule has 1 aromatic heterocycles. The van der Waals surface area contributed by atoms with Crippen molar-refractivity contribution in [2.24, 2.45) is 0 Å². The van der Waals surface area contributed by atoms with Crippen molar-refractivity contribution < 1.29 is 36.6 Å². The van der Waals surface area contributed by atoms with E-state index in [0.29, 0.717) is 22.3 Å². The fraction of sp³-hybridized carbons (Fsp3) is 0.238. The van der Waals surface area contributed by atoms with E-state index in [1.807, 2.05) is 0 Å². The molecular weight excluding hydrogens is 434 g/mol. The third-order valence-corrected chi connectivity index (χ3v) is 4.16. The maximum atomic E-state index is 13.9. The number of amides is 1. The summed E-state index contributed by atoms with van der Waals surface area (Å²) in [7, 11) is 0. The fourth-order valence-electron chi connectivity index (χ4n) is 2.94. The number of H-pyrrole nitrogens is 1. The number of carbonyl (C=O) groups excluding carboxylic acids is 2. The molecule has 3 rings (SSSR count). The average molecular weight is 453 g/mol. The zero-order valence-corrected chi connectivity index (χ0v) is 17.0. The molecule has 0 saturated heterocycles. The van der Waals surface area contributed by atoms with Crippen LogP contribution in [0, 0.1) is 5.82 Å². The molecule has 3 N–H and O–H groups in total.